The molecular formula is C20H26Cl2N2O3S. The van der Waals surface area contributed by atoms with Crippen LogP contribution < -0.4 is 5.32 Å². The van der Waals surface area contributed by atoms with E-state index in [-0.39, 0.29) is 31.8 Å². The van der Waals surface area contributed by atoms with E-state index in [1.54, 1.807) is 0 Å². The van der Waals surface area contributed by atoms with Gasteiger partial charge in [0, 0.05) is 20.6 Å². The number of amides is 1. The van der Waals surface area contributed by atoms with Gasteiger partial charge >= 0.3 is 0 Å². The fourth-order valence-corrected chi connectivity index (χ4v) is 7.69. The van der Waals surface area contributed by atoms with E-state index in [4.69, 9.17) is 23.2 Å². The van der Waals surface area contributed by atoms with Gasteiger partial charge in [-0.3, -0.25) is 4.79 Å². The number of sulfonamides is 1. The molecule has 5 nitrogen and oxygen atoms in total. The first-order valence-corrected chi connectivity index (χ1v) is 12.0. The van der Waals surface area contributed by atoms with E-state index in [1.807, 2.05) is 0 Å². The Balaban J connectivity index is 1.54. The van der Waals surface area contributed by atoms with Gasteiger partial charge in [-0.2, -0.15) is 0 Å². The monoisotopic (exact) mass is 444 g/mol. The molecule has 4 aliphatic carbocycles. The van der Waals surface area contributed by atoms with Gasteiger partial charge in [0.05, 0.1) is 15.6 Å². The van der Waals surface area contributed by atoms with Crippen molar-refractivity contribution in [2.75, 3.05) is 20.6 Å². The minimum absolute atomic E-state index is 0.0105. The van der Waals surface area contributed by atoms with E-state index in [0.717, 1.165) is 22.1 Å². The van der Waals surface area contributed by atoms with E-state index in [2.05, 4.69) is 5.32 Å². The van der Waals surface area contributed by atoms with Gasteiger partial charge < -0.3 is 5.32 Å². The lowest BCUT2D eigenvalue weighted by Gasteiger charge is -2.56. The molecule has 1 N–H and O–H groups in total. The molecule has 0 unspecified atom stereocenters. The van der Waals surface area contributed by atoms with Gasteiger partial charge in [0.2, 0.25) is 10.0 Å². The molecule has 8 heteroatoms. The van der Waals surface area contributed by atoms with E-state index < -0.39 is 10.0 Å². The fourth-order valence-electron chi connectivity index (χ4n) is 5.97. The van der Waals surface area contributed by atoms with E-state index in [1.165, 1.54) is 64.8 Å². The number of hydrogen-bond acceptors (Lipinski definition) is 3. The zero-order chi connectivity index (χ0) is 20.3. The normalized spacial score (nSPS) is 31.4. The third kappa shape index (κ3) is 3.57. The molecule has 28 heavy (non-hydrogen) atoms. The van der Waals surface area contributed by atoms with Crippen molar-refractivity contribution in [1.29, 1.82) is 0 Å². The highest BCUT2D eigenvalue weighted by Crippen LogP contribution is 2.59. The van der Waals surface area contributed by atoms with Gasteiger partial charge in [-0.15, -0.1) is 0 Å². The Bertz CT molecular complexity index is 879. The summed E-state index contributed by atoms with van der Waals surface area (Å²) in [6.07, 6.45) is 7.61. The zero-order valence-electron chi connectivity index (χ0n) is 16.2. The smallest absolute Gasteiger partial charge is 0.252 e. The second-order valence-electron chi connectivity index (χ2n) is 9.15. The van der Waals surface area contributed by atoms with Crippen LogP contribution in [0.3, 0.4) is 0 Å². The van der Waals surface area contributed by atoms with Crippen molar-refractivity contribution < 1.29 is 13.2 Å². The molecule has 4 bridgehead atoms. The maximum Gasteiger partial charge on any atom is 0.252 e. The van der Waals surface area contributed by atoms with E-state index in [0.29, 0.717) is 6.54 Å². The quantitative estimate of drug-likeness (QED) is 0.739. The molecule has 1 aromatic carbocycles. The van der Waals surface area contributed by atoms with Crippen LogP contribution in [0.1, 0.15) is 48.9 Å². The second kappa shape index (κ2) is 7.15. The molecule has 0 aliphatic heterocycles. The maximum absolute atomic E-state index is 12.9. The third-order valence-corrected chi connectivity index (χ3v) is 9.41. The number of hydrogen-bond donors (Lipinski definition) is 1. The molecule has 0 spiro atoms. The number of halogens is 2. The molecule has 1 amide bonds. The molecule has 154 valence electrons. The summed E-state index contributed by atoms with van der Waals surface area (Å²) < 4.78 is 26.1. The summed E-state index contributed by atoms with van der Waals surface area (Å²) >= 11 is 12.3. The number of nitrogens with one attached hydrogen (secondary N) is 1. The Morgan fingerprint density at radius 3 is 2.11 bits per heavy atom. The summed E-state index contributed by atoms with van der Waals surface area (Å²) in [4.78, 5) is 12.8. The van der Waals surface area contributed by atoms with E-state index >= 15 is 0 Å². The van der Waals surface area contributed by atoms with Gasteiger partial charge in [0.25, 0.3) is 5.91 Å². The topological polar surface area (TPSA) is 66.5 Å². The molecule has 0 radical (unpaired) electrons. The lowest BCUT2D eigenvalue weighted by Crippen LogP contribution is -2.51. The number of rotatable bonds is 5. The first kappa shape index (κ1) is 20.5. The van der Waals surface area contributed by atoms with E-state index in [9.17, 15) is 13.2 Å². The minimum atomic E-state index is -3.77. The van der Waals surface area contributed by atoms with Crippen LogP contribution in [0.25, 0.3) is 0 Å². The summed E-state index contributed by atoms with van der Waals surface area (Å²) in [5.41, 5.74) is 0.346. The van der Waals surface area contributed by atoms with Gasteiger partial charge in [-0.25, -0.2) is 12.7 Å². The summed E-state index contributed by atoms with van der Waals surface area (Å²) in [5, 5.41) is 3.22. The number of carbonyl (C=O) groups excluding carboxylic acids is 1. The molecule has 4 saturated carbocycles. The summed E-state index contributed by atoms with van der Waals surface area (Å²) in [6, 6.07) is 2.62. The Morgan fingerprint density at radius 2 is 1.61 bits per heavy atom. The van der Waals surface area contributed by atoms with Gasteiger partial charge in [0.1, 0.15) is 4.90 Å². The van der Waals surface area contributed by atoms with Crippen LogP contribution >= 0.6 is 23.2 Å². The van der Waals surface area contributed by atoms with Gasteiger partial charge in [-0.1, -0.05) is 23.2 Å². The standard InChI is InChI=1S/C20H26Cl2N2O3S/c1-24(2)28(26,27)18-6-15(16(21)7-17(18)22)19(25)23-11-20-8-12-3-13(9-20)5-14(4-12)10-20/h6-7,12-14H,3-5,8-11H2,1-2H3,(H,23,25). The van der Waals surface area contributed by atoms with Gasteiger partial charge in [0.15, 0.2) is 0 Å². The molecule has 4 fully saturated rings. The Morgan fingerprint density at radius 1 is 1.07 bits per heavy atom. The van der Waals surface area contributed by atoms with Crippen molar-refractivity contribution >= 4 is 39.1 Å². The Labute approximate surface area is 176 Å². The van der Waals surface area contributed by atoms with Crippen molar-refractivity contribution in [3.8, 4) is 0 Å². The predicted molar refractivity (Wildman–Crippen MR) is 110 cm³/mol. The van der Waals surface area contributed by atoms with Crippen LogP contribution in [-0.4, -0.2) is 39.3 Å². The summed E-state index contributed by atoms with van der Waals surface area (Å²) in [5.74, 6) is 2.07. The van der Waals surface area contributed by atoms with Crippen molar-refractivity contribution in [2.24, 2.45) is 23.2 Å². The maximum atomic E-state index is 12.9. The molecule has 1 aromatic rings. The van der Waals surface area contributed by atoms with Crippen LogP contribution in [0.2, 0.25) is 10.0 Å². The van der Waals surface area contributed by atoms with Crippen molar-refractivity contribution in [2.45, 2.75) is 43.4 Å². The fraction of sp³-hybridized carbons (Fsp3) is 0.650. The van der Waals surface area contributed by atoms with Crippen molar-refractivity contribution in [3.05, 3.63) is 27.7 Å². The average Bonchev–Trinajstić information content (AvgIpc) is 2.58. The third-order valence-electron chi connectivity index (χ3n) is 6.81. The number of carbonyl (C=O) groups is 1. The Hall–Kier alpha value is -0.820. The van der Waals surface area contributed by atoms with Crippen molar-refractivity contribution in [3.63, 3.8) is 0 Å². The highest BCUT2D eigenvalue weighted by molar-refractivity contribution is 7.89. The molecule has 0 saturated heterocycles. The van der Waals surface area contributed by atoms with Crippen molar-refractivity contribution in [1.82, 2.24) is 9.62 Å². The molecular weight excluding hydrogens is 419 g/mol. The Kier molecular flexibility index (Phi) is 5.22. The lowest BCUT2D eigenvalue weighted by atomic mass is 9.49. The summed E-state index contributed by atoms with van der Waals surface area (Å²) in [6.45, 7) is 0.629. The molecule has 0 heterocycles. The zero-order valence-corrected chi connectivity index (χ0v) is 18.5. The van der Waals surface area contributed by atoms with Crippen LogP contribution in [0.4, 0.5) is 0 Å². The SMILES string of the molecule is CN(C)S(=O)(=O)c1cc(C(=O)NCC23CC4CC(CC(C4)C2)C3)c(Cl)cc1Cl. The molecule has 0 atom stereocenters. The van der Waals surface area contributed by atoms with Crippen LogP contribution in [0, 0.1) is 23.2 Å². The predicted octanol–water partition coefficient (Wildman–Crippen LogP) is 4.19. The number of benzene rings is 1. The summed E-state index contributed by atoms with van der Waals surface area (Å²) in [7, 11) is -0.922. The molecule has 5 rings (SSSR count). The highest BCUT2D eigenvalue weighted by Gasteiger charge is 2.50. The second-order valence-corrected chi connectivity index (χ2v) is 12.1. The van der Waals surface area contributed by atoms with Crippen LogP contribution in [-0.2, 0) is 10.0 Å². The molecule has 0 aromatic heterocycles. The minimum Gasteiger partial charge on any atom is -0.351 e. The highest BCUT2D eigenvalue weighted by atomic mass is 35.5. The lowest BCUT2D eigenvalue weighted by molar-refractivity contribution is -0.0503. The first-order chi connectivity index (χ1) is 13.1. The first-order valence-electron chi connectivity index (χ1n) is 9.79. The largest absolute Gasteiger partial charge is 0.351 e. The number of nitrogens with zero attached hydrogens (tertiary/aromatic N) is 1. The van der Waals surface area contributed by atoms with Gasteiger partial charge in [-0.05, 0) is 73.8 Å². The van der Waals surface area contributed by atoms with Crippen LogP contribution in [0.15, 0.2) is 17.0 Å². The molecule has 4 aliphatic rings. The van der Waals surface area contributed by atoms with Crippen LogP contribution in [0.5, 0.6) is 0 Å². The average molecular weight is 445 g/mol.